The molecule has 8 heteroatoms. The lowest BCUT2D eigenvalue weighted by Gasteiger charge is -2.03. The maximum Gasteiger partial charge on any atom is 0.277 e. The molecule has 1 heterocycles. The van der Waals surface area contributed by atoms with Crippen molar-refractivity contribution in [1.82, 2.24) is 10.2 Å². The summed E-state index contributed by atoms with van der Waals surface area (Å²) in [7, 11) is 0. The molecular weight excluding hydrogens is 397 g/mol. The molecule has 3 aromatic rings. The molecule has 0 fully saturated rings. The Bertz CT molecular complexity index is 855. The number of nitrogens with one attached hydrogen (secondary N) is 1. The Balaban J connectivity index is 1.58. The molecule has 3 rings (SSSR count). The fraction of sp³-hybridized carbons (Fsp3) is 0.0625. The van der Waals surface area contributed by atoms with Crippen LogP contribution in [0.2, 0.25) is 0 Å². The van der Waals surface area contributed by atoms with Crippen LogP contribution in [0.4, 0.5) is 10.1 Å². The normalized spacial score (nSPS) is 10.6. The van der Waals surface area contributed by atoms with Crippen LogP contribution in [0.5, 0.6) is 0 Å². The molecule has 122 valence electrons. The number of hydrogen-bond donors (Lipinski definition) is 1. The molecule has 0 saturated carbocycles. The second kappa shape index (κ2) is 7.59. The van der Waals surface area contributed by atoms with Crippen LogP contribution in [0, 0.1) is 5.82 Å². The summed E-state index contributed by atoms with van der Waals surface area (Å²) in [6.07, 6.45) is 0. The van der Waals surface area contributed by atoms with Gasteiger partial charge in [-0.05, 0) is 36.4 Å². The van der Waals surface area contributed by atoms with Crippen molar-refractivity contribution < 1.29 is 13.6 Å². The lowest BCUT2D eigenvalue weighted by Crippen LogP contribution is -2.13. The summed E-state index contributed by atoms with van der Waals surface area (Å²) in [6, 6.07) is 13.4. The van der Waals surface area contributed by atoms with Gasteiger partial charge in [0.2, 0.25) is 5.91 Å². The average molecular weight is 408 g/mol. The van der Waals surface area contributed by atoms with E-state index in [0.29, 0.717) is 5.69 Å². The minimum absolute atomic E-state index is 0.0870. The van der Waals surface area contributed by atoms with Crippen LogP contribution in [-0.4, -0.2) is 21.9 Å². The highest BCUT2D eigenvalue weighted by Gasteiger charge is 2.14. The quantitative estimate of drug-likeness (QED) is 0.635. The van der Waals surface area contributed by atoms with E-state index in [0.717, 1.165) is 16.2 Å². The van der Waals surface area contributed by atoms with E-state index in [9.17, 15) is 9.18 Å². The molecule has 0 aliphatic carbocycles. The van der Waals surface area contributed by atoms with Gasteiger partial charge in [-0.2, -0.15) is 0 Å². The lowest BCUT2D eigenvalue weighted by molar-refractivity contribution is -0.113. The molecule has 1 amide bonds. The van der Waals surface area contributed by atoms with E-state index in [1.807, 2.05) is 12.1 Å². The van der Waals surface area contributed by atoms with Crippen molar-refractivity contribution >= 4 is 39.3 Å². The zero-order valence-corrected chi connectivity index (χ0v) is 14.6. The summed E-state index contributed by atoms with van der Waals surface area (Å²) >= 11 is 4.42. The van der Waals surface area contributed by atoms with Gasteiger partial charge in [0.05, 0.1) is 11.3 Å². The van der Waals surface area contributed by atoms with Crippen LogP contribution in [-0.2, 0) is 4.79 Å². The first-order valence-electron chi connectivity index (χ1n) is 6.88. The summed E-state index contributed by atoms with van der Waals surface area (Å²) in [5.74, 6) is -0.447. The number of rotatable bonds is 5. The Morgan fingerprint density at radius 2 is 1.92 bits per heavy atom. The van der Waals surface area contributed by atoms with Crippen LogP contribution < -0.4 is 5.32 Å². The van der Waals surface area contributed by atoms with Crippen LogP contribution in [0.1, 0.15) is 0 Å². The predicted octanol–water partition coefficient (Wildman–Crippen LogP) is 4.37. The Morgan fingerprint density at radius 1 is 1.17 bits per heavy atom. The number of aromatic nitrogens is 2. The Morgan fingerprint density at radius 3 is 2.67 bits per heavy atom. The standard InChI is InChI=1S/C16H11BrFN3O2S/c17-10-5-7-11(8-6-10)19-14(22)9-24-16-21-20-15(23-16)12-3-1-2-4-13(12)18/h1-8H,9H2,(H,19,22). The van der Waals surface area contributed by atoms with Crippen LogP contribution in [0.15, 0.2) is 62.6 Å². The van der Waals surface area contributed by atoms with Crippen molar-refractivity contribution in [3.63, 3.8) is 0 Å². The van der Waals surface area contributed by atoms with Gasteiger partial charge in [0.1, 0.15) is 5.82 Å². The van der Waals surface area contributed by atoms with E-state index < -0.39 is 5.82 Å². The molecule has 24 heavy (non-hydrogen) atoms. The van der Waals surface area contributed by atoms with Gasteiger partial charge in [0, 0.05) is 10.2 Å². The van der Waals surface area contributed by atoms with Crippen molar-refractivity contribution in [2.45, 2.75) is 5.22 Å². The topological polar surface area (TPSA) is 68.0 Å². The number of carbonyl (C=O) groups is 1. The summed E-state index contributed by atoms with van der Waals surface area (Å²) in [4.78, 5) is 11.9. The molecular formula is C16H11BrFN3O2S. The number of thioether (sulfide) groups is 1. The van der Waals surface area contributed by atoms with E-state index in [-0.39, 0.29) is 28.3 Å². The van der Waals surface area contributed by atoms with Gasteiger partial charge in [-0.3, -0.25) is 4.79 Å². The van der Waals surface area contributed by atoms with Crippen molar-refractivity contribution in [2.24, 2.45) is 0 Å². The molecule has 0 bridgehead atoms. The zero-order valence-electron chi connectivity index (χ0n) is 12.2. The number of halogens is 2. The predicted molar refractivity (Wildman–Crippen MR) is 93.2 cm³/mol. The fourth-order valence-electron chi connectivity index (χ4n) is 1.87. The highest BCUT2D eigenvalue weighted by molar-refractivity contribution is 9.10. The first-order chi connectivity index (χ1) is 11.6. The highest BCUT2D eigenvalue weighted by atomic mass is 79.9. The van der Waals surface area contributed by atoms with E-state index in [2.05, 4.69) is 31.4 Å². The Hall–Kier alpha value is -2.19. The van der Waals surface area contributed by atoms with E-state index in [1.165, 1.54) is 6.07 Å². The van der Waals surface area contributed by atoms with E-state index in [1.54, 1.807) is 30.3 Å². The molecule has 0 radical (unpaired) electrons. The summed E-state index contributed by atoms with van der Waals surface area (Å²) < 4.78 is 20.0. The number of hydrogen-bond acceptors (Lipinski definition) is 5. The number of amides is 1. The number of nitrogens with zero attached hydrogens (tertiary/aromatic N) is 2. The second-order valence-electron chi connectivity index (χ2n) is 4.70. The van der Waals surface area contributed by atoms with Gasteiger partial charge in [-0.15, -0.1) is 10.2 Å². The molecule has 0 saturated heterocycles. The SMILES string of the molecule is O=C(CSc1nnc(-c2ccccc2F)o1)Nc1ccc(Br)cc1. The summed E-state index contributed by atoms with van der Waals surface area (Å²) in [6.45, 7) is 0. The minimum atomic E-state index is -0.439. The van der Waals surface area contributed by atoms with Crippen molar-refractivity contribution in [3.8, 4) is 11.5 Å². The molecule has 5 nitrogen and oxygen atoms in total. The van der Waals surface area contributed by atoms with Gasteiger partial charge < -0.3 is 9.73 Å². The maximum absolute atomic E-state index is 13.7. The second-order valence-corrected chi connectivity index (χ2v) is 6.54. The minimum Gasteiger partial charge on any atom is -0.411 e. The molecule has 0 aliphatic rings. The molecule has 0 spiro atoms. The van der Waals surface area contributed by atoms with Crippen LogP contribution >= 0.6 is 27.7 Å². The Kier molecular flexibility index (Phi) is 5.27. The van der Waals surface area contributed by atoms with E-state index >= 15 is 0 Å². The molecule has 1 N–H and O–H groups in total. The monoisotopic (exact) mass is 407 g/mol. The lowest BCUT2D eigenvalue weighted by atomic mass is 10.2. The van der Waals surface area contributed by atoms with Crippen molar-refractivity contribution in [3.05, 3.63) is 58.8 Å². The summed E-state index contributed by atoms with van der Waals surface area (Å²) in [5.41, 5.74) is 0.928. The highest BCUT2D eigenvalue weighted by Crippen LogP contribution is 2.25. The van der Waals surface area contributed by atoms with Gasteiger partial charge in [0.15, 0.2) is 0 Å². The molecule has 1 aromatic heterocycles. The van der Waals surface area contributed by atoms with Gasteiger partial charge >= 0.3 is 0 Å². The third kappa shape index (κ3) is 4.21. The third-order valence-electron chi connectivity index (χ3n) is 2.97. The smallest absolute Gasteiger partial charge is 0.277 e. The third-order valence-corrected chi connectivity index (χ3v) is 4.31. The molecule has 0 aliphatic heterocycles. The maximum atomic E-state index is 13.7. The zero-order chi connectivity index (χ0) is 16.9. The fourth-order valence-corrected chi connectivity index (χ4v) is 2.70. The number of carbonyl (C=O) groups excluding carboxylic acids is 1. The molecule has 2 aromatic carbocycles. The average Bonchev–Trinajstić information content (AvgIpc) is 3.04. The van der Waals surface area contributed by atoms with Crippen molar-refractivity contribution in [1.29, 1.82) is 0 Å². The number of anilines is 1. The molecule has 0 unspecified atom stereocenters. The van der Waals surface area contributed by atoms with Gasteiger partial charge in [0.25, 0.3) is 11.1 Å². The first-order valence-corrected chi connectivity index (χ1v) is 8.66. The van der Waals surface area contributed by atoms with Crippen LogP contribution in [0.3, 0.4) is 0 Å². The van der Waals surface area contributed by atoms with E-state index in [4.69, 9.17) is 4.42 Å². The van der Waals surface area contributed by atoms with Gasteiger partial charge in [-0.1, -0.05) is 39.8 Å². The van der Waals surface area contributed by atoms with Crippen molar-refractivity contribution in [2.75, 3.05) is 11.1 Å². The Labute approximate surface area is 149 Å². The number of benzene rings is 2. The van der Waals surface area contributed by atoms with Gasteiger partial charge in [-0.25, -0.2) is 4.39 Å². The van der Waals surface area contributed by atoms with Crippen LogP contribution in [0.25, 0.3) is 11.5 Å². The summed E-state index contributed by atoms with van der Waals surface area (Å²) in [5, 5.41) is 10.6. The first kappa shape index (κ1) is 16.7. The molecule has 0 atom stereocenters. The largest absolute Gasteiger partial charge is 0.411 e.